The van der Waals surface area contributed by atoms with Crippen molar-refractivity contribution >= 4 is 17.4 Å². The van der Waals surface area contributed by atoms with Crippen molar-refractivity contribution in [1.82, 2.24) is 4.90 Å². The van der Waals surface area contributed by atoms with Crippen molar-refractivity contribution in [2.24, 2.45) is 5.16 Å². The van der Waals surface area contributed by atoms with E-state index in [0.717, 1.165) is 5.71 Å². The number of oxime groups is 1. The molecule has 0 unspecified atom stereocenters. The molecule has 1 aromatic rings. The van der Waals surface area contributed by atoms with E-state index in [1.54, 1.807) is 29.2 Å². The SMILES string of the molecule is N#Cc1ccc(NC(=O)N2CCC(=NO)CC2)cc1. The van der Waals surface area contributed by atoms with Crippen LogP contribution in [0, 0.1) is 11.3 Å². The minimum atomic E-state index is -0.179. The van der Waals surface area contributed by atoms with Crippen LogP contribution in [0.25, 0.3) is 0 Å². The molecule has 2 N–H and O–H groups in total. The third kappa shape index (κ3) is 3.22. The Morgan fingerprint density at radius 3 is 2.47 bits per heavy atom. The zero-order valence-corrected chi connectivity index (χ0v) is 10.3. The van der Waals surface area contributed by atoms with Gasteiger partial charge in [-0.3, -0.25) is 0 Å². The number of carbonyl (C=O) groups is 1. The fraction of sp³-hybridized carbons (Fsp3) is 0.308. The highest BCUT2D eigenvalue weighted by Crippen LogP contribution is 2.12. The van der Waals surface area contributed by atoms with Crippen LogP contribution in [0.3, 0.4) is 0 Å². The van der Waals surface area contributed by atoms with Crippen LogP contribution in [-0.4, -0.2) is 34.9 Å². The van der Waals surface area contributed by atoms with Gasteiger partial charge >= 0.3 is 6.03 Å². The summed E-state index contributed by atoms with van der Waals surface area (Å²) < 4.78 is 0. The summed E-state index contributed by atoms with van der Waals surface area (Å²) in [5.74, 6) is 0. The minimum absolute atomic E-state index is 0.179. The zero-order chi connectivity index (χ0) is 13.7. The van der Waals surface area contributed by atoms with Gasteiger partial charge in [-0.2, -0.15) is 5.26 Å². The number of nitrogens with one attached hydrogen (secondary N) is 1. The Balaban J connectivity index is 1.92. The van der Waals surface area contributed by atoms with Crippen molar-refractivity contribution < 1.29 is 10.0 Å². The molecule has 1 heterocycles. The molecule has 19 heavy (non-hydrogen) atoms. The lowest BCUT2D eigenvalue weighted by Gasteiger charge is -2.27. The van der Waals surface area contributed by atoms with Gasteiger partial charge in [0.2, 0.25) is 0 Å². The maximum atomic E-state index is 12.0. The number of urea groups is 1. The molecular weight excluding hydrogens is 244 g/mol. The Morgan fingerprint density at radius 1 is 1.32 bits per heavy atom. The van der Waals surface area contributed by atoms with E-state index in [0.29, 0.717) is 37.2 Å². The van der Waals surface area contributed by atoms with Crippen LogP contribution in [-0.2, 0) is 0 Å². The highest BCUT2D eigenvalue weighted by atomic mass is 16.4. The van der Waals surface area contributed by atoms with E-state index in [1.807, 2.05) is 6.07 Å². The average Bonchev–Trinajstić information content (AvgIpc) is 2.48. The van der Waals surface area contributed by atoms with Gasteiger partial charge in [0.25, 0.3) is 0 Å². The van der Waals surface area contributed by atoms with Crippen LogP contribution in [0.2, 0.25) is 0 Å². The van der Waals surface area contributed by atoms with Crippen LogP contribution in [0.15, 0.2) is 29.4 Å². The van der Waals surface area contributed by atoms with Gasteiger partial charge in [0, 0.05) is 31.6 Å². The third-order valence-corrected chi connectivity index (χ3v) is 3.03. The third-order valence-electron chi connectivity index (χ3n) is 3.03. The van der Waals surface area contributed by atoms with Crippen molar-refractivity contribution in [3.8, 4) is 6.07 Å². The number of nitrogens with zero attached hydrogens (tertiary/aromatic N) is 3. The smallest absolute Gasteiger partial charge is 0.321 e. The predicted octanol–water partition coefficient (Wildman–Crippen LogP) is 2.02. The second-order valence-electron chi connectivity index (χ2n) is 4.27. The number of amides is 2. The zero-order valence-electron chi connectivity index (χ0n) is 10.3. The number of benzene rings is 1. The van der Waals surface area contributed by atoms with Crippen LogP contribution >= 0.6 is 0 Å². The molecule has 0 bridgehead atoms. The summed E-state index contributed by atoms with van der Waals surface area (Å²) >= 11 is 0. The van der Waals surface area contributed by atoms with Crippen molar-refractivity contribution in [1.29, 1.82) is 5.26 Å². The monoisotopic (exact) mass is 258 g/mol. The van der Waals surface area contributed by atoms with Crippen LogP contribution in [0.1, 0.15) is 18.4 Å². The lowest BCUT2D eigenvalue weighted by Crippen LogP contribution is -2.41. The van der Waals surface area contributed by atoms with Gasteiger partial charge < -0.3 is 15.4 Å². The van der Waals surface area contributed by atoms with Gasteiger partial charge in [-0.25, -0.2) is 4.79 Å². The number of nitriles is 1. The van der Waals surface area contributed by atoms with E-state index in [9.17, 15) is 4.79 Å². The van der Waals surface area contributed by atoms with Crippen LogP contribution in [0.5, 0.6) is 0 Å². The van der Waals surface area contributed by atoms with Gasteiger partial charge in [-0.05, 0) is 24.3 Å². The topological polar surface area (TPSA) is 88.7 Å². The summed E-state index contributed by atoms with van der Waals surface area (Å²) in [6.07, 6.45) is 1.19. The number of piperidine rings is 1. The molecule has 1 aliphatic heterocycles. The number of hydrogen-bond donors (Lipinski definition) is 2. The molecule has 6 heteroatoms. The maximum Gasteiger partial charge on any atom is 0.321 e. The molecule has 0 saturated carbocycles. The summed E-state index contributed by atoms with van der Waals surface area (Å²) in [5, 5.41) is 23.3. The van der Waals surface area contributed by atoms with Crippen molar-refractivity contribution in [2.45, 2.75) is 12.8 Å². The highest BCUT2D eigenvalue weighted by Gasteiger charge is 2.19. The second kappa shape index (κ2) is 5.87. The molecule has 0 radical (unpaired) electrons. The van der Waals surface area contributed by atoms with E-state index in [4.69, 9.17) is 10.5 Å². The van der Waals surface area contributed by atoms with E-state index >= 15 is 0 Å². The quantitative estimate of drug-likeness (QED) is 0.596. The number of hydrogen-bond acceptors (Lipinski definition) is 4. The molecule has 1 aromatic carbocycles. The lowest BCUT2D eigenvalue weighted by atomic mass is 10.1. The average molecular weight is 258 g/mol. The Labute approximate surface area is 110 Å². The van der Waals surface area contributed by atoms with E-state index in [-0.39, 0.29) is 6.03 Å². The predicted molar refractivity (Wildman–Crippen MR) is 70.2 cm³/mol. The molecule has 0 aromatic heterocycles. The lowest BCUT2D eigenvalue weighted by molar-refractivity contribution is 0.210. The molecule has 1 saturated heterocycles. The first-order valence-corrected chi connectivity index (χ1v) is 5.99. The molecule has 2 rings (SSSR count). The molecular formula is C13H14N4O2. The molecule has 0 aliphatic carbocycles. The number of carbonyl (C=O) groups excluding carboxylic acids is 1. The first-order valence-electron chi connectivity index (χ1n) is 5.99. The summed E-state index contributed by atoms with van der Waals surface area (Å²) in [7, 11) is 0. The molecule has 6 nitrogen and oxygen atoms in total. The first kappa shape index (κ1) is 12.9. The number of likely N-dealkylation sites (tertiary alicyclic amines) is 1. The van der Waals surface area contributed by atoms with Crippen molar-refractivity contribution in [3.05, 3.63) is 29.8 Å². The molecule has 0 spiro atoms. The molecule has 1 fully saturated rings. The standard InChI is InChI=1S/C13H14N4O2/c14-9-10-1-3-11(4-2-10)15-13(18)17-7-5-12(16-19)6-8-17/h1-4,19H,5-8H2,(H,15,18). The Hall–Kier alpha value is -2.55. The fourth-order valence-electron chi connectivity index (χ4n) is 1.90. The highest BCUT2D eigenvalue weighted by molar-refractivity contribution is 5.92. The molecule has 0 atom stereocenters. The van der Waals surface area contributed by atoms with Gasteiger partial charge in [0.1, 0.15) is 0 Å². The summed E-state index contributed by atoms with van der Waals surface area (Å²) in [6.45, 7) is 1.09. The summed E-state index contributed by atoms with van der Waals surface area (Å²) in [4.78, 5) is 13.6. The largest absolute Gasteiger partial charge is 0.411 e. The fourth-order valence-corrected chi connectivity index (χ4v) is 1.90. The van der Waals surface area contributed by atoms with Crippen molar-refractivity contribution in [2.75, 3.05) is 18.4 Å². The van der Waals surface area contributed by atoms with E-state index in [1.165, 1.54) is 0 Å². The van der Waals surface area contributed by atoms with E-state index in [2.05, 4.69) is 10.5 Å². The van der Waals surface area contributed by atoms with Crippen molar-refractivity contribution in [3.63, 3.8) is 0 Å². The molecule has 1 aliphatic rings. The minimum Gasteiger partial charge on any atom is -0.411 e. The number of rotatable bonds is 1. The Bertz CT molecular complexity index is 521. The normalized spacial score (nSPS) is 14.7. The van der Waals surface area contributed by atoms with Gasteiger partial charge in [-0.15, -0.1) is 0 Å². The maximum absolute atomic E-state index is 12.0. The van der Waals surface area contributed by atoms with Crippen LogP contribution in [0.4, 0.5) is 10.5 Å². The Kier molecular flexibility index (Phi) is 3.98. The number of anilines is 1. The molecule has 2 amide bonds. The van der Waals surface area contributed by atoms with Gasteiger partial charge in [-0.1, -0.05) is 5.16 Å². The van der Waals surface area contributed by atoms with E-state index < -0.39 is 0 Å². The van der Waals surface area contributed by atoms with Gasteiger partial charge in [0.15, 0.2) is 0 Å². The second-order valence-corrected chi connectivity index (χ2v) is 4.27. The summed E-state index contributed by atoms with van der Waals surface area (Å²) in [6, 6.07) is 8.54. The van der Waals surface area contributed by atoms with Gasteiger partial charge in [0.05, 0.1) is 17.3 Å². The van der Waals surface area contributed by atoms with Crippen LogP contribution < -0.4 is 5.32 Å². The first-order chi connectivity index (χ1) is 9.22. The Morgan fingerprint density at radius 2 is 1.95 bits per heavy atom. The molecule has 98 valence electrons. The summed E-state index contributed by atoms with van der Waals surface area (Å²) in [5.41, 5.74) is 1.94.